The van der Waals surface area contributed by atoms with Crippen molar-refractivity contribution in [2.24, 2.45) is 5.73 Å². The lowest BCUT2D eigenvalue weighted by Crippen LogP contribution is -2.48. The van der Waals surface area contributed by atoms with Crippen molar-refractivity contribution in [1.82, 2.24) is 5.32 Å². The topological polar surface area (TPSA) is 38.0 Å². The number of benzene rings is 1. The van der Waals surface area contributed by atoms with Gasteiger partial charge in [0, 0.05) is 12.1 Å². The Hall–Kier alpha value is -1.00. The minimum Gasteiger partial charge on any atom is -0.326 e. The molecule has 0 amide bonds. The van der Waals surface area contributed by atoms with Gasteiger partial charge in [-0.25, -0.2) is 8.78 Å². The van der Waals surface area contributed by atoms with E-state index in [1.807, 2.05) is 0 Å². The summed E-state index contributed by atoms with van der Waals surface area (Å²) in [5.41, 5.74) is 6.41. The molecule has 0 bridgehead atoms. The zero-order chi connectivity index (χ0) is 12.3. The molecule has 0 spiro atoms. The molecule has 1 aromatic carbocycles. The van der Waals surface area contributed by atoms with E-state index >= 15 is 0 Å². The van der Waals surface area contributed by atoms with Gasteiger partial charge >= 0.3 is 0 Å². The van der Waals surface area contributed by atoms with Crippen LogP contribution in [0.3, 0.4) is 0 Å². The van der Waals surface area contributed by atoms with Crippen LogP contribution in [-0.2, 0) is 6.42 Å². The zero-order valence-corrected chi connectivity index (χ0v) is 9.76. The van der Waals surface area contributed by atoms with Gasteiger partial charge in [-0.3, -0.25) is 0 Å². The van der Waals surface area contributed by atoms with Gasteiger partial charge in [0.25, 0.3) is 0 Å². The Bertz CT molecular complexity index is 376. The summed E-state index contributed by atoms with van der Waals surface area (Å²) < 4.78 is 26.5. The summed E-state index contributed by atoms with van der Waals surface area (Å²) in [6.45, 7) is 0.962. The monoisotopic (exact) mass is 240 g/mol. The Morgan fingerprint density at radius 3 is 2.88 bits per heavy atom. The molecule has 4 heteroatoms. The first-order valence-corrected chi connectivity index (χ1v) is 6.09. The molecule has 0 saturated carbocycles. The summed E-state index contributed by atoms with van der Waals surface area (Å²) in [6, 6.07) is 3.57. The number of hydrogen-bond donors (Lipinski definition) is 2. The molecule has 2 rings (SSSR count). The van der Waals surface area contributed by atoms with Crippen LogP contribution in [0.2, 0.25) is 0 Å². The predicted octanol–water partition coefficient (Wildman–Crippen LogP) is 1.98. The van der Waals surface area contributed by atoms with E-state index in [1.54, 1.807) is 0 Å². The summed E-state index contributed by atoms with van der Waals surface area (Å²) >= 11 is 0. The van der Waals surface area contributed by atoms with Gasteiger partial charge in [0.05, 0.1) is 0 Å². The van der Waals surface area contributed by atoms with Crippen LogP contribution < -0.4 is 11.1 Å². The van der Waals surface area contributed by atoms with E-state index in [4.69, 9.17) is 5.73 Å². The van der Waals surface area contributed by atoms with Crippen LogP contribution >= 0.6 is 0 Å². The Morgan fingerprint density at radius 2 is 2.18 bits per heavy atom. The van der Waals surface area contributed by atoms with Crippen molar-refractivity contribution >= 4 is 0 Å². The molecule has 1 saturated heterocycles. The maximum atomic E-state index is 13.5. The molecule has 0 aliphatic carbocycles. The van der Waals surface area contributed by atoms with E-state index in [0.29, 0.717) is 12.0 Å². The third-order valence-corrected chi connectivity index (χ3v) is 3.33. The second-order valence-electron chi connectivity index (χ2n) is 4.66. The molecule has 17 heavy (non-hydrogen) atoms. The molecule has 1 fully saturated rings. The Balaban J connectivity index is 2.01. The van der Waals surface area contributed by atoms with Crippen LogP contribution in [0.25, 0.3) is 0 Å². The van der Waals surface area contributed by atoms with Crippen molar-refractivity contribution in [3.63, 3.8) is 0 Å². The molecule has 1 heterocycles. The summed E-state index contributed by atoms with van der Waals surface area (Å²) in [7, 11) is 0. The van der Waals surface area contributed by atoms with E-state index in [9.17, 15) is 8.78 Å². The van der Waals surface area contributed by atoms with E-state index in [0.717, 1.165) is 37.9 Å². The van der Waals surface area contributed by atoms with Crippen LogP contribution in [0.15, 0.2) is 18.2 Å². The largest absolute Gasteiger partial charge is 0.326 e. The molecule has 2 nitrogen and oxygen atoms in total. The third-order valence-electron chi connectivity index (χ3n) is 3.33. The number of halogens is 2. The minimum atomic E-state index is -0.412. The number of piperidine rings is 1. The summed E-state index contributed by atoms with van der Waals surface area (Å²) in [4.78, 5) is 0. The van der Waals surface area contributed by atoms with Gasteiger partial charge in [0.15, 0.2) is 0 Å². The Morgan fingerprint density at radius 1 is 1.35 bits per heavy atom. The summed E-state index contributed by atoms with van der Waals surface area (Å²) in [5, 5.41) is 3.33. The lowest BCUT2D eigenvalue weighted by molar-refractivity contribution is 0.346. The van der Waals surface area contributed by atoms with Crippen LogP contribution in [-0.4, -0.2) is 18.6 Å². The molecule has 2 atom stereocenters. The zero-order valence-electron chi connectivity index (χ0n) is 9.76. The molecule has 1 aromatic rings. The molecular formula is C13H18F2N2. The van der Waals surface area contributed by atoms with Crippen LogP contribution in [0, 0.1) is 11.6 Å². The first-order chi connectivity index (χ1) is 8.16. The number of hydrogen-bond acceptors (Lipinski definition) is 2. The second kappa shape index (κ2) is 5.56. The van der Waals surface area contributed by atoms with E-state index in [1.165, 1.54) is 6.07 Å². The third kappa shape index (κ3) is 3.23. The number of nitrogens with one attached hydrogen (secondary N) is 1. The second-order valence-corrected chi connectivity index (χ2v) is 4.66. The van der Waals surface area contributed by atoms with Crippen molar-refractivity contribution in [3.05, 3.63) is 35.4 Å². The van der Waals surface area contributed by atoms with Crippen LogP contribution in [0.1, 0.15) is 24.8 Å². The molecule has 1 aliphatic rings. The van der Waals surface area contributed by atoms with Gasteiger partial charge in [0.1, 0.15) is 11.6 Å². The predicted molar refractivity (Wildman–Crippen MR) is 63.7 cm³/mol. The number of rotatable bonds is 3. The normalized spacial score (nSPS) is 22.4. The average Bonchev–Trinajstić information content (AvgIpc) is 2.35. The lowest BCUT2D eigenvalue weighted by Gasteiger charge is -2.29. The van der Waals surface area contributed by atoms with Gasteiger partial charge in [-0.1, -0.05) is 6.42 Å². The highest BCUT2D eigenvalue weighted by molar-refractivity contribution is 5.20. The molecule has 0 radical (unpaired) electrons. The fraction of sp³-hybridized carbons (Fsp3) is 0.538. The van der Waals surface area contributed by atoms with Gasteiger partial charge in [0.2, 0.25) is 0 Å². The fourth-order valence-corrected chi connectivity index (χ4v) is 2.34. The van der Waals surface area contributed by atoms with E-state index in [2.05, 4.69) is 5.32 Å². The van der Waals surface area contributed by atoms with Crippen LogP contribution in [0.5, 0.6) is 0 Å². The molecule has 94 valence electrons. The van der Waals surface area contributed by atoms with Crippen molar-refractivity contribution in [3.8, 4) is 0 Å². The summed E-state index contributed by atoms with van der Waals surface area (Å²) in [5.74, 6) is -0.789. The highest BCUT2D eigenvalue weighted by atomic mass is 19.1. The highest BCUT2D eigenvalue weighted by Crippen LogP contribution is 2.16. The van der Waals surface area contributed by atoms with Crippen molar-refractivity contribution < 1.29 is 8.78 Å². The first kappa shape index (κ1) is 12.5. The smallest absolute Gasteiger partial charge is 0.126 e. The maximum Gasteiger partial charge on any atom is 0.126 e. The Kier molecular flexibility index (Phi) is 4.07. The molecule has 1 aliphatic heterocycles. The van der Waals surface area contributed by atoms with Crippen molar-refractivity contribution in [2.75, 3.05) is 6.54 Å². The standard InChI is InChI=1S/C13H18F2N2/c14-10-4-5-11(15)9(7-10)8-12(16)13-3-1-2-6-17-13/h4-5,7,12-13,17H,1-3,6,8,16H2. The van der Waals surface area contributed by atoms with Crippen molar-refractivity contribution in [1.29, 1.82) is 0 Å². The van der Waals surface area contributed by atoms with Crippen molar-refractivity contribution in [2.45, 2.75) is 37.8 Å². The quantitative estimate of drug-likeness (QED) is 0.847. The molecule has 0 aromatic heterocycles. The minimum absolute atomic E-state index is 0.161. The van der Waals surface area contributed by atoms with Crippen LogP contribution in [0.4, 0.5) is 8.78 Å². The average molecular weight is 240 g/mol. The fourth-order valence-electron chi connectivity index (χ4n) is 2.34. The van der Waals surface area contributed by atoms with Gasteiger partial charge in [-0.15, -0.1) is 0 Å². The maximum absolute atomic E-state index is 13.5. The molecule has 3 N–H and O–H groups in total. The molecule has 2 unspecified atom stereocenters. The van der Waals surface area contributed by atoms with Gasteiger partial charge in [-0.05, 0) is 49.6 Å². The van der Waals surface area contributed by atoms with E-state index in [-0.39, 0.29) is 17.9 Å². The van der Waals surface area contributed by atoms with Gasteiger partial charge in [-0.2, -0.15) is 0 Å². The van der Waals surface area contributed by atoms with Gasteiger partial charge < -0.3 is 11.1 Å². The SMILES string of the molecule is NC(Cc1cc(F)ccc1F)C1CCCCN1. The number of nitrogens with two attached hydrogens (primary N) is 1. The summed E-state index contributed by atoms with van der Waals surface area (Å²) in [6.07, 6.45) is 3.70. The first-order valence-electron chi connectivity index (χ1n) is 6.09. The Labute approximate surface area is 100 Å². The highest BCUT2D eigenvalue weighted by Gasteiger charge is 2.21. The molecular weight excluding hydrogens is 222 g/mol. The van der Waals surface area contributed by atoms with E-state index < -0.39 is 5.82 Å². The lowest BCUT2D eigenvalue weighted by atomic mass is 9.93.